The van der Waals surface area contributed by atoms with Crippen LogP contribution < -0.4 is 5.32 Å². The van der Waals surface area contributed by atoms with Gasteiger partial charge in [-0.3, -0.25) is 15.4 Å². The van der Waals surface area contributed by atoms with Gasteiger partial charge in [0.1, 0.15) is 5.01 Å². The summed E-state index contributed by atoms with van der Waals surface area (Å²) in [6.07, 6.45) is -1.22. The van der Waals surface area contributed by atoms with Crippen LogP contribution in [0.5, 0.6) is 0 Å². The Morgan fingerprint density at radius 3 is 2.56 bits per heavy atom. The number of hydrogen-bond donors (Lipinski definition) is 2. The Bertz CT molecular complexity index is 595. The van der Waals surface area contributed by atoms with Crippen molar-refractivity contribution < 1.29 is 14.8 Å². The monoisotopic (exact) mass is 266 g/mol. The second-order valence-electron chi connectivity index (χ2n) is 3.15. The highest BCUT2D eigenvalue weighted by Gasteiger charge is 2.10. The Kier molecular flexibility index (Phi) is 3.15. The topological polar surface area (TPSA) is 118 Å². The summed E-state index contributed by atoms with van der Waals surface area (Å²) in [6, 6.07) is 5.76. The number of carboxylic acid groups (broad SMARTS) is 1. The van der Waals surface area contributed by atoms with Crippen molar-refractivity contribution in [3.05, 3.63) is 34.4 Å². The molecule has 92 valence electrons. The lowest BCUT2D eigenvalue weighted by Gasteiger charge is -1.94. The molecule has 0 fully saturated rings. The van der Waals surface area contributed by atoms with Crippen LogP contribution in [0.25, 0.3) is 10.6 Å². The van der Waals surface area contributed by atoms with Crippen molar-refractivity contribution in [2.45, 2.75) is 0 Å². The van der Waals surface area contributed by atoms with E-state index in [4.69, 9.17) is 5.11 Å². The van der Waals surface area contributed by atoms with Gasteiger partial charge in [0, 0.05) is 17.7 Å². The molecule has 0 saturated heterocycles. The van der Waals surface area contributed by atoms with Crippen molar-refractivity contribution in [1.29, 1.82) is 0 Å². The van der Waals surface area contributed by atoms with Crippen LogP contribution >= 0.6 is 11.3 Å². The third-order valence-electron chi connectivity index (χ3n) is 1.96. The minimum atomic E-state index is -1.22. The first-order chi connectivity index (χ1) is 8.56. The molecule has 0 aliphatic heterocycles. The van der Waals surface area contributed by atoms with E-state index in [-0.39, 0.29) is 10.8 Å². The van der Waals surface area contributed by atoms with Crippen LogP contribution in [0, 0.1) is 10.1 Å². The Balaban J connectivity index is 2.23. The molecule has 0 aliphatic rings. The molecule has 0 saturated carbocycles. The number of nitro benzene ring substituents is 1. The van der Waals surface area contributed by atoms with Crippen molar-refractivity contribution in [2.75, 3.05) is 5.32 Å². The van der Waals surface area contributed by atoms with Crippen LogP contribution in [0.3, 0.4) is 0 Å². The van der Waals surface area contributed by atoms with Crippen LogP contribution in [-0.2, 0) is 0 Å². The molecule has 0 radical (unpaired) electrons. The van der Waals surface area contributed by atoms with Crippen molar-refractivity contribution >= 4 is 28.2 Å². The van der Waals surface area contributed by atoms with Crippen LogP contribution in [0.4, 0.5) is 15.6 Å². The fourth-order valence-electron chi connectivity index (χ4n) is 1.21. The number of amides is 1. The van der Waals surface area contributed by atoms with Crippen molar-refractivity contribution in [3.8, 4) is 10.6 Å². The Morgan fingerprint density at radius 1 is 1.33 bits per heavy atom. The summed E-state index contributed by atoms with van der Waals surface area (Å²) in [4.78, 5) is 20.4. The predicted octanol–water partition coefficient (Wildman–Crippen LogP) is 2.20. The highest BCUT2D eigenvalue weighted by Crippen LogP contribution is 2.27. The van der Waals surface area contributed by atoms with E-state index < -0.39 is 11.0 Å². The lowest BCUT2D eigenvalue weighted by Crippen LogP contribution is -2.06. The molecule has 2 rings (SSSR count). The third kappa shape index (κ3) is 2.58. The molecule has 0 spiro atoms. The molecular weight excluding hydrogens is 260 g/mol. The number of rotatable bonds is 3. The summed E-state index contributed by atoms with van der Waals surface area (Å²) >= 11 is 1.04. The maximum absolute atomic E-state index is 10.5. The van der Waals surface area contributed by atoms with Crippen molar-refractivity contribution in [2.24, 2.45) is 0 Å². The minimum absolute atomic E-state index is 0.0212. The minimum Gasteiger partial charge on any atom is -0.465 e. The Hall–Kier alpha value is -2.55. The zero-order valence-electron chi connectivity index (χ0n) is 8.73. The van der Waals surface area contributed by atoms with Gasteiger partial charge in [-0.05, 0) is 12.1 Å². The Labute approximate surface area is 104 Å². The van der Waals surface area contributed by atoms with Gasteiger partial charge in [-0.1, -0.05) is 11.3 Å². The van der Waals surface area contributed by atoms with Crippen molar-refractivity contribution in [1.82, 2.24) is 10.2 Å². The molecule has 0 atom stereocenters. The number of nitrogens with zero attached hydrogens (tertiary/aromatic N) is 3. The fraction of sp³-hybridized carbons (Fsp3) is 0. The summed E-state index contributed by atoms with van der Waals surface area (Å²) in [7, 11) is 0. The first-order valence-corrected chi connectivity index (χ1v) is 5.46. The number of nitrogens with one attached hydrogen (secondary N) is 1. The smallest absolute Gasteiger partial charge is 0.411 e. The molecule has 1 heterocycles. The second-order valence-corrected chi connectivity index (χ2v) is 4.12. The highest BCUT2D eigenvalue weighted by molar-refractivity contribution is 7.18. The second kappa shape index (κ2) is 4.75. The summed E-state index contributed by atoms with van der Waals surface area (Å²) in [5, 5.41) is 29.1. The van der Waals surface area contributed by atoms with E-state index in [1.807, 2.05) is 0 Å². The van der Waals surface area contributed by atoms with Gasteiger partial charge in [0.25, 0.3) is 5.69 Å². The van der Waals surface area contributed by atoms with Gasteiger partial charge in [0.2, 0.25) is 5.13 Å². The first-order valence-electron chi connectivity index (χ1n) is 4.64. The Morgan fingerprint density at radius 2 is 2.00 bits per heavy atom. The molecule has 1 aromatic carbocycles. The molecule has 2 aromatic rings. The number of benzene rings is 1. The quantitative estimate of drug-likeness (QED) is 0.649. The SMILES string of the molecule is O=C(O)Nc1nnc(-c2ccc([N+](=O)[O-])cc2)s1. The third-order valence-corrected chi connectivity index (χ3v) is 2.85. The van der Waals surface area contributed by atoms with Gasteiger partial charge in [-0.2, -0.15) is 0 Å². The summed E-state index contributed by atoms with van der Waals surface area (Å²) in [6.45, 7) is 0. The number of non-ortho nitro benzene ring substituents is 1. The van der Waals surface area contributed by atoms with E-state index in [0.717, 1.165) is 11.3 Å². The van der Waals surface area contributed by atoms with Gasteiger partial charge < -0.3 is 5.11 Å². The van der Waals surface area contributed by atoms with Gasteiger partial charge in [0.05, 0.1) is 4.92 Å². The van der Waals surface area contributed by atoms with E-state index >= 15 is 0 Å². The normalized spacial score (nSPS) is 10.0. The molecule has 2 N–H and O–H groups in total. The largest absolute Gasteiger partial charge is 0.465 e. The summed E-state index contributed by atoms with van der Waals surface area (Å²) in [5.74, 6) is 0. The molecule has 18 heavy (non-hydrogen) atoms. The number of hydrogen-bond acceptors (Lipinski definition) is 6. The van der Waals surface area contributed by atoms with Crippen LogP contribution in [0.2, 0.25) is 0 Å². The highest BCUT2D eigenvalue weighted by atomic mass is 32.1. The van der Waals surface area contributed by atoms with E-state index in [0.29, 0.717) is 10.6 Å². The molecule has 1 aromatic heterocycles. The first kappa shape index (κ1) is 11.9. The molecular formula is C9H6N4O4S. The fourth-order valence-corrected chi connectivity index (χ4v) is 1.95. The number of anilines is 1. The predicted molar refractivity (Wildman–Crippen MR) is 63.6 cm³/mol. The lowest BCUT2D eigenvalue weighted by atomic mass is 10.2. The maximum atomic E-state index is 10.5. The zero-order chi connectivity index (χ0) is 13.1. The van der Waals surface area contributed by atoms with E-state index in [1.165, 1.54) is 24.3 Å². The van der Waals surface area contributed by atoms with E-state index in [1.54, 1.807) is 0 Å². The average Bonchev–Trinajstić information content (AvgIpc) is 2.76. The van der Waals surface area contributed by atoms with Crippen LogP contribution in [-0.4, -0.2) is 26.3 Å². The maximum Gasteiger partial charge on any atom is 0.411 e. The molecule has 0 unspecified atom stereocenters. The summed E-state index contributed by atoms with van der Waals surface area (Å²) < 4.78 is 0. The molecule has 0 aliphatic carbocycles. The average molecular weight is 266 g/mol. The molecule has 8 nitrogen and oxygen atoms in total. The number of nitro groups is 1. The summed E-state index contributed by atoms with van der Waals surface area (Å²) in [5.41, 5.74) is 0.615. The molecule has 9 heteroatoms. The standard InChI is InChI=1S/C9H6N4O4S/c14-9(15)10-8-12-11-7(18-8)5-1-3-6(4-2-5)13(16)17/h1-4H,(H,10,12)(H,14,15). The van der Waals surface area contributed by atoms with Crippen molar-refractivity contribution in [3.63, 3.8) is 0 Å². The molecule has 1 amide bonds. The van der Waals surface area contributed by atoms with E-state index in [9.17, 15) is 14.9 Å². The number of carbonyl (C=O) groups is 1. The van der Waals surface area contributed by atoms with Gasteiger partial charge >= 0.3 is 6.09 Å². The lowest BCUT2D eigenvalue weighted by molar-refractivity contribution is -0.384. The van der Waals surface area contributed by atoms with Crippen LogP contribution in [0.15, 0.2) is 24.3 Å². The van der Waals surface area contributed by atoms with Gasteiger partial charge in [-0.15, -0.1) is 10.2 Å². The van der Waals surface area contributed by atoms with Gasteiger partial charge in [0.15, 0.2) is 0 Å². The molecule has 0 bridgehead atoms. The zero-order valence-corrected chi connectivity index (χ0v) is 9.55. The van der Waals surface area contributed by atoms with Crippen LogP contribution in [0.1, 0.15) is 0 Å². The van der Waals surface area contributed by atoms with Gasteiger partial charge in [-0.25, -0.2) is 4.79 Å². The number of aromatic nitrogens is 2. The van der Waals surface area contributed by atoms with E-state index in [2.05, 4.69) is 15.5 Å².